The van der Waals surface area contributed by atoms with Gasteiger partial charge in [0.25, 0.3) is 0 Å². The number of hydrogen-bond acceptors (Lipinski definition) is 1. The monoisotopic (exact) mass is 321 g/mol. The molecule has 1 heterocycles. The lowest BCUT2D eigenvalue weighted by Gasteiger charge is -2.22. The molecule has 0 atom stereocenters. The molecule has 118 valence electrons. The molecule has 0 aliphatic rings. The van der Waals surface area contributed by atoms with Crippen molar-refractivity contribution in [1.29, 1.82) is 0 Å². The summed E-state index contributed by atoms with van der Waals surface area (Å²) in [6.45, 7) is 10.0. The molecule has 1 aromatic carbocycles. The van der Waals surface area contributed by atoms with Gasteiger partial charge in [0.1, 0.15) is 11.6 Å². The van der Waals surface area contributed by atoms with Crippen molar-refractivity contribution >= 4 is 13.3 Å². The standard InChI is InChI=1S/C18H23F2NSi/c1-12(2)8-13-9-17(21-11-18(13)22(3,4)5)15-7-6-14(19)10-16(15)20/h6-7,9-12H,8H2,1-5H3/i8D2. The van der Waals surface area contributed by atoms with Crippen LogP contribution in [0.2, 0.25) is 19.6 Å². The minimum Gasteiger partial charge on any atom is -0.256 e. The van der Waals surface area contributed by atoms with Crippen molar-refractivity contribution in [2.45, 2.75) is 39.9 Å². The number of pyridine rings is 1. The van der Waals surface area contributed by atoms with E-state index < -0.39 is 26.1 Å². The summed E-state index contributed by atoms with van der Waals surface area (Å²) in [6, 6.07) is 4.98. The first kappa shape index (κ1) is 14.1. The normalized spacial score (nSPS) is 14.0. The quantitative estimate of drug-likeness (QED) is 0.739. The van der Waals surface area contributed by atoms with Gasteiger partial charge in [-0.25, -0.2) is 8.78 Å². The minimum absolute atomic E-state index is 0.180. The van der Waals surface area contributed by atoms with Crippen molar-refractivity contribution in [3.8, 4) is 11.3 Å². The summed E-state index contributed by atoms with van der Waals surface area (Å²) in [7, 11) is -1.84. The maximum Gasteiger partial charge on any atom is 0.135 e. The van der Waals surface area contributed by atoms with Crippen molar-refractivity contribution in [2.75, 3.05) is 0 Å². The summed E-state index contributed by atoms with van der Waals surface area (Å²) in [4.78, 5) is 4.35. The average molecular weight is 321 g/mol. The summed E-state index contributed by atoms with van der Waals surface area (Å²) >= 11 is 0. The van der Waals surface area contributed by atoms with Gasteiger partial charge in [-0.05, 0) is 41.2 Å². The topological polar surface area (TPSA) is 12.9 Å². The summed E-state index contributed by atoms with van der Waals surface area (Å²) in [6.07, 6.45) is 0.115. The molecule has 0 saturated carbocycles. The predicted molar refractivity (Wildman–Crippen MR) is 91.1 cm³/mol. The molecule has 22 heavy (non-hydrogen) atoms. The Balaban J connectivity index is 2.71. The largest absolute Gasteiger partial charge is 0.256 e. The van der Waals surface area contributed by atoms with Gasteiger partial charge >= 0.3 is 0 Å². The van der Waals surface area contributed by atoms with Crippen molar-refractivity contribution in [3.63, 3.8) is 0 Å². The second kappa shape index (κ2) is 6.29. The van der Waals surface area contributed by atoms with Crippen LogP contribution >= 0.6 is 0 Å². The molecule has 1 nitrogen and oxygen atoms in total. The molecule has 2 aromatic rings. The van der Waals surface area contributed by atoms with E-state index in [0.717, 1.165) is 11.3 Å². The number of halogens is 2. The first-order valence-electron chi connectivity index (χ1n) is 8.41. The molecular weight excluding hydrogens is 296 g/mol. The molecule has 4 heteroatoms. The number of nitrogens with zero attached hydrogens (tertiary/aromatic N) is 1. The third-order valence-electron chi connectivity index (χ3n) is 3.36. The Hall–Kier alpha value is -1.55. The molecule has 0 saturated heterocycles. The fourth-order valence-corrected chi connectivity index (χ4v) is 3.73. The maximum absolute atomic E-state index is 14.1. The predicted octanol–water partition coefficient (Wildman–Crippen LogP) is 4.77. The Morgan fingerprint density at radius 1 is 1.18 bits per heavy atom. The molecule has 0 aliphatic carbocycles. The third kappa shape index (κ3) is 3.80. The molecule has 2 rings (SSSR count). The lowest BCUT2D eigenvalue weighted by molar-refractivity contribution is 0.585. The Kier molecular flexibility index (Phi) is 4.02. The van der Waals surface area contributed by atoms with Gasteiger partial charge in [0.05, 0.1) is 13.8 Å². The van der Waals surface area contributed by atoms with Crippen LogP contribution in [0.3, 0.4) is 0 Å². The molecule has 0 aliphatic heterocycles. The van der Waals surface area contributed by atoms with Gasteiger partial charge in [0.15, 0.2) is 0 Å². The zero-order valence-corrected chi connectivity index (χ0v) is 14.7. The Morgan fingerprint density at radius 2 is 1.86 bits per heavy atom. The highest BCUT2D eigenvalue weighted by atomic mass is 28.3. The summed E-state index contributed by atoms with van der Waals surface area (Å²) < 4.78 is 44.2. The fourth-order valence-electron chi connectivity index (χ4n) is 2.33. The van der Waals surface area contributed by atoms with Crippen molar-refractivity contribution in [2.24, 2.45) is 5.92 Å². The van der Waals surface area contributed by atoms with Crippen molar-refractivity contribution in [3.05, 3.63) is 47.7 Å². The average Bonchev–Trinajstić information content (AvgIpc) is 2.45. The van der Waals surface area contributed by atoms with E-state index >= 15 is 0 Å². The summed E-state index contributed by atoms with van der Waals surface area (Å²) in [5, 5.41) is 0.924. The van der Waals surface area contributed by atoms with E-state index in [1.165, 1.54) is 12.1 Å². The SMILES string of the molecule is [2H]C([2H])(c1cc(-c2ccc(F)cc2F)ncc1[Si](C)(C)C)C(C)C. The van der Waals surface area contributed by atoms with Gasteiger partial charge < -0.3 is 0 Å². The second-order valence-electron chi connectivity index (χ2n) is 6.79. The minimum atomic E-state index is -1.84. The van der Waals surface area contributed by atoms with Crippen molar-refractivity contribution in [1.82, 2.24) is 4.98 Å². The van der Waals surface area contributed by atoms with Gasteiger partial charge in [-0.1, -0.05) is 33.5 Å². The fraction of sp³-hybridized carbons (Fsp3) is 0.389. The number of hydrogen-bond donors (Lipinski definition) is 0. The van der Waals surface area contributed by atoms with E-state index in [0.29, 0.717) is 11.3 Å². The van der Waals surface area contributed by atoms with Gasteiger partial charge in [-0.2, -0.15) is 0 Å². The van der Waals surface area contributed by atoms with Crippen LogP contribution in [-0.4, -0.2) is 13.1 Å². The van der Waals surface area contributed by atoms with Crippen molar-refractivity contribution < 1.29 is 11.5 Å². The lowest BCUT2D eigenvalue weighted by atomic mass is 10.0. The Labute approximate surface area is 135 Å². The first-order valence-corrected chi connectivity index (χ1v) is 10.9. The molecule has 0 fully saturated rings. The van der Waals surface area contributed by atoms with Gasteiger partial charge in [0, 0.05) is 20.6 Å². The summed E-state index contributed by atoms with van der Waals surface area (Å²) in [5.41, 5.74) is 1.07. The number of aromatic nitrogens is 1. The zero-order valence-electron chi connectivity index (χ0n) is 15.7. The molecule has 0 unspecified atom stereocenters. The molecule has 0 radical (unpaired) electrons. The van der Waals surface area contributed by atoms with Crippen LogP contribution in [0, 0.1) is 17.6 Å². The van der Waals surface area contributed by atoms with Gasteiger partial charge in [-0.3, -0.25) is 4.98 Å². The highest BCUT2D eigenvalue weighted by Gasteiger charge is 2.22. The zero-order chi connectivity index (χ0) is 18.3. The van der Waals surface area contributed by atoms with Crippen LogP contribution in [0.25, 0.3) is 11.3 Å². The summed E-state index contributed by atoms with van der Waals surface area (Å²) in [5.74, 6) is -1.58. The molecular formula is C18H23F2NSi. The van der Waals surface area contributed by atoms with Crippen LogP contribution in [0.1, 0.15) is 22.2 Å². The highest BCUT2D eigenvalue weighted by molar-refractivity contribution is 6.89. The lowest BCUT2D eigenvalue weighted by Crippen LogP contribution is -2.40. The second-order valence-corrected chi connectivity index (χ2v) is 11.8. The number of benzene rings is 1. The van der Waals surface area contributed by atoms with E-state index in [1.54, 1.807) is 12.3 Å². The van der Waals surface area contributed by atoms with Gasteiger partial charge in [0.2, 0.25) is 0 Å². The van der Waals surface area contributed by atoms with Crippen LogP contribution in [0.15, 0.2) is 30.5 Å². The smallest absolute Gasteiger partial charge is 0.135 e. The highest BCUT2D eigenvalue weighted by Crippen LogP contribution is 2.23. The van der Waals surface area contributed by atoms with Crippen LogP contribution in [0.4, 0.5) is 8.78 Å². The maximum atomic E-state index is 14.1. The Bertz CT molecular complexity index is 755. The molecule has 0 amide bonds. The van der Waals surface area contributed by atoms with Crippen LogP contribution in [0.5, 0.6) is 0 Å². The van der Waals surface area contributed by atoms with E-state index in [2.05, 4.69) is 24.6 Å². The molecule has 0 N–H and O–H groups in total. The van der Waals surface area contributed by atoms with E-state index in [-0.39, 0.29) is 11.5 Å². The molecule has 0 bridgehead atoms. The van der Waals surface area contributed by atoms with Gasteiger partial charge in [-0.15, -0.1) is 0 Å². The number of rotatable bonds is 4. The van der Waals surface area contributed by atoms with E-state index in [1.807, 2.05) is 13.8 Å². The molecule has 1 aromatic heterocycles. The van der Waals surface area contributed by atoms with Crippen LogP contribution < -0.4 is 5.19 Å². The Morgan fingerprint density at radius 3 is 2.41 bits per heavy atom. The first-order chi connectivity index (χ1) is 10.9. The molecule has 0 spiro atoms. The third-order valence-corrected chi connectivity index (χ3v) is 5.38. The van der Waals surface area contributed by atoms with E-state index in [9.17, 15) is 8.78 Å². The van der Waals surface area contributed by atoms with E-state index in [4.69, 9.17) is 2.74 Å². The van der Waals surface area contributed by atoms with Crippen LogP contribution in [-0.2, 0) is 6.37 Å².